The molecule has 3 aromatic carbocycles. The van der Waals surface area contributed by atoms with Gasteiger partial charge in [0.15, 0.2) is 0 Å². The third-order valence-electron chi connectivity index (χ3n) is 5.31. The van der Waals surface area contributed by atoms with E-state index >= 15 is 0 Å². The number of hydrogen-bond donors (Lipinski definition) is 1. The predicted octanol–water partition coefficient (Wildman–Crippen LogP) is 5.08. The molecule has 6 nitrogen and oxygen atoms in total. The maximum absolute atomic E-state index is 12.5. The molecule has 0 aliphatic carbocycles. The van der Waals surface area contributed by atoms with E-state index in [-0.39, 0.29) is 12.5 Å². The Kier molecular flexibility index (Phi) is 7.56. The van der Waals surface area contributed by atoms with Crippen LogP contribution in [0.4, 0.5) is 5.69 Å². The Labute approximate surface area is 200 Å². The van der Waals surface area contributed by atoms with Crippen LogP contribution < -0.4 is 9.73 Å². The summed E-state index contributed by atoms with van der Waals surface area (Å²) in [6.45, 7) is 5.88. The van der Waals surface area contributed by atoms with Crippen molar-refractivity contribution in [2.45, 2.75) is 27.3 Å². The van der Waals surface area contributed by atoms with Crippen molar-refractivity contribution in [2.24, 2.45) is 5.10 Å². The average molecular weight is 484 g/mol. The van der Waals surface area contributed by atoms with Gasteiger partial charge in [-0.1, -0.05) is 41.9 Å². The number of benzene rings is 3. The highest BCUT2D eigenvalue weighted by Gasteiger charge is 2.18. The summed E-state index contributed by atoms with van der Waals surface area (Å²) in [6, 6.07) is 19.5. The second kappa shape index (κ2) is 10.2. The number of nitrogens with zero attached hydrogens (tertiary/aromatic N) is 2. The Balaban J connectivity index is 1.72. The molecule has 3 aromatic rings. The fourth-order valence-electron chi connectivity index (χ4n) is 3.16. The van der Waals surface area contributed by atoms with Crippen LogP contribution in [0.2, 0.25) is 5.02 Å². The lowest BCUT2D eigenvalue weighted by Crippen LogP contribution is -2.29. The Morgan fingerprint density at radius 3 is 2.12 bits per heavy atom. The number of nitrogens with one attached hydrogen (secondary N) is 1. The number of carbonyl (C=O) groups excluding carboxylic acids is 1. The van der Waals surface area contributed by atoms with Gasteiger partial charge in [0, 0.05) is 10.6 Å². The molecular weight excluding hydrogens is 458 g/mol. The Morgan fingerprint density at radius 2 is 1.55 bits per heavy atom. The highest BCUT2D eigenvalue weighted by Crippen LogP contribution is 2.23. The van der Waals surface area contributed by atoms with Crippen LogP contribution in [0.25, 0.3) is 0 Å². The van der Waals surface area contributed by atoms with Gasteiger partial charge in [-0.05, 0) is 79.4 Å². The minimum absolute atomic E-state index is 0.164. The molecule has 8 heteroatoms. The molecule has 0 saturated heterocycles. The van der Waals surface area contributed by atoms with Gasteiger partial charge in [-0.2, -0.15) is 5.10 Å². The van der Waals surface area contributed by atoms with Gasteiger partial charge in [0.1, 0.15) is 0 Å². The zero-order chi connectivity index (χ0) is 24.2. The van der Waals surface area contributed by atoms with E-state index in [1.165, 1.54) is 10.6 Å². The first-order valence-electron chi connectivity index (χ1n) is 10.3. The maximum Gasteiger partial charge on any atom is 0.271 e. The number of hydrazone groups is 1. The molecule has 0 saturated carbocycles. The molecule has 0 aliphatic heterocycles. The number of sulfonamides is 1. The quantitative estimate of drug-likeness (QED) is 0.376. The van der Waals surface area contributed by atoms with E-state index in [4.69, 9.17) is 11.6 Å². The van der Waals surface area contributed by atoms with E-state index in [2.05, 4.69) is 10.5 Å². The van der Waals surface area contributed by atoms with Crippen LogP contribution >= 0.6 is 11.6 Å². The zero-order valence-electron chi connectivity index (χ0n) is 19.0. The van der Waals surface area contributed by atoms with Crippen molar-refractivity contribution in [3.8, 4) is 0 Å². The molecule has 33 heavy (non-hydrogen) atoms. The van der Waals surface area contributed by atoms with Crippen LogP contribution in [-0.4, -0.2) is 26.3 Å². The lowest BCUT2D eigenvalue weighted by atomic mass is 10.1. The standard InChI is InChI=1S/C25H26ClN3O3S/c1-17-5-14-24(15-18(17)2)29(33(4,31)32)16-20-6-8-22(9-7-20)25(30)28-27-19(3)21-10-12-23(26)13-11-21/h5-15H,16H2,1-4H3,(H,28,30)/b27-19-. The van der Waals surface area contributed by atoms with Gasteiger partial charge in [0.25, 0.3) is 5.91 Å². The molecule has 0 aromatic heterocycles. The molecule has 0 fully saturated rings. The summed E-state index contributed by atoms with van der Waals surface area (Å²) in [6.07, 6.45) is 1.19. The minimum atomic E-state index is -3.49. The van der Waals surface area contributed by atoms with E-state index in [1.54, 1.807) is 49.4 Å². The van der Waals surface area contributed by atoms with Crippen molar-refractivity contribution in [3.63, 3.8) is 0 Å². The smallest absolute Gasteiger partial charge is 0.267 e. The predicted molar refractivity (Wildman–Crippen MR) is 135 cm³/mol. The number of hydrogen-bond acceptors (Lipinski definition) is 4. The Morgan fingerprint density at radius 1 is 0.939 bits per heavy atom. The largest absolute Gasteiger partial charge is 0.271 e. The molecule has 0 aliphatic rings. The molecule has 1 amide bonds. The van der Waals surface area contributed by atoms with Gasteiger partial charge in [-0.3, -0.25) is 9.10 Å². The van der Waals surface area contributed by atoms with Crippen molar-refractivity contribution in [1.29, 1.82) is 0 Å². The van der Waals surface area contributed by atoms with Gasteiger partial charge in [-0.25, -0.2) is 13.8 Å². The van der Waals surface area contributed by atoms with Gasteiger partial charge in [0.05, 0.1) is 24.2 Å². The third-order valence-corrected chi connectivity index (χ3v) is 6.70. The van der Waals surface area contributed by atoms with Crippen LogP contribution in [0.3, 0.4) is 0 Å². The molecule has 0 radical (unpaired) electrons. The van der Waals surface area contributed by atoms with Crippen molar-refractivity contribution in [1.82, 2.24) is 5.43 Å². The summed E-state index contributed by atoms with van der Waals surface area (Å²) >= 11 is 5.89. The lowest BCUT2D eigenvalue weighted by Gasteiger charge is -2.23. The minimum Gasteiger partial charge on any atom is -0.267 e. The average Bonchev–Trinajstić information content (AvgIpc) is 2.77. The van der Waals surface area contributed by atoms with E-state index in [0.29, 0.717) is 22.0 Å². The fraction of sp³-hybridized carbons (Fsp3) is 0.200. The number of halogens is 1. The first kappa shape index (κ1) is 24.5. The van der Waals surface area contributed by atoms with Crippen LogP contribution in [0, 0.1) is 13.8 Å². The molecular formula is C25H26ClN3O3S. The van der Waals surface area contributed by atoms with Crippen LogP contribution in [0.1, 0.15) is 39.5 Å². The van der Waals surface area contributed by atoms with Gasteiger partial charge >= 0.3 is 0 Å². The maximum atomic E-state index is 12.5. The van der Waals surface area contributed by atoms with Crippen LogP contribution in [-0.2, 0) is 16.6 Å². The van der Waals surface area contributed by atoms with E-state index in [1.807, 2.05) is 38.1 Å². The topological polar surface area (TPSA) is 78.8 Å². The number of amides is 1. The lowest BCUT2D eigenvalue weighted by molar-refractivity contribution is 0.0955. The number of aryl methyl sites for hydroxylation is 2. The van der Waals surface area contributed by atoms with E-state index < -0.39 is 10.0 Å². The molecule has 0 atom stereocenters. The summed E-state index contributed by atoms with van der Waals surface area (Å²) in [4.78, 5) is 12.5. The number of anilines is 1. The molecule has 1 N–H and O–H groups in total. The monoisotopic (exact) mass is 483 g/mol. The zero-order valence-corrected chi connectivity index (χ0v) is 20.5. The molecule has 0 unspecified atom stereocenters. The molecule has 0 spiro atoms. The van der Waals surface area contributed by atoms with Crippen molar-refractivity contribution in [2.75, 3.05) is 10.6 Å². The highest BCUT2D eigenvalue weighted by atomic mass is 35.5. The molecule has 0 bridgehead atoms. The van der Waals surface area contributed by atoms with Gasteiger partial charge in [0.2, 0.25) is 10.0 Å². The first-order valence-corrected chi connectivity index (χ1v) is 12.5. The van der Waals surface area contributed by atoms with E-state index in [0.717, 1.165) is 22.3 Å². The SMILES string of the molecule is C/C(=N/NC(=O)c1ccc(CN(c2ccc(C)c(C)c2)S(C)(=O)=O)cc1)c1ccc(Cl)cc1. The van der Waals surface area contributed by atoms with Crippen molar-refractivity contribution in [3.05, 3.63) is 99.6 Å². The van der Waals surface area contributed by atoms with Crippen molar-refractivity contribution >= 4 is 38.9 Å². The molecule has 172 valence electrons. The second-order valence-corrected chi connectivity index (χ2v) is 10.2. The normalized spacial score (nSPS) is 11.8. The fourth-order valence-corrected chi connectivity index (χ4v) is 4.17. The van der Waals surface area contributed by atoms with Crippen LogP contribution in [0.5, 0.6) is 0 Å². The summed E-state index contributed by atoms with van der Waals surface area (Å²) in [5.74, 6) is -0.357. The Bertz CT molecular complexity index is 1290. The summed E-state index contributed by atoms with van der Waals surface area (Å²) < 4.78 is 26.2. The van der Waals surface area contributed by atoms with E-state index in [9.17, 15) is 13.2 Å². The summed E-state index contributed by atoms with van der Waals surface area (Å²) in [7, 11) is -3.49. The highest BCUT2D eigenvalue weighted by molar-refractivity contribution is 7.92. The summed E-state index contributed by atoms with van der Waals surface area (Å²) in [5.41, 5.74) is 7.94. The Hall–Kier alpha value is -3.16. The molecule has 3 rings (SSSR count). The number of carbonyl (C=O) groups is 1. The van der Waals surface area contributed by atoms with Gasteiger partial charge < -0.3 is 0 Å². The summed E-state index contributed by atoms with van der Waals surface area (Å²) in [5, 5.41) is 4.77. The van der Waals surface area contributed by atoms with Crippen molar-refractivity contribution < 1.29 is 13.2 Å². The van der Waals surface area contributed by atoms with Gasteiger partial charge in [-0.15, -0.1) is 0 Å². The second-order valence-electron chi connectivity index (χ2n) is 7.88. The number of rotatable bonds is 7. The first-order chi connectivity index (χ1) is 15.5. The van der Waals surface area contributed by atoms with Crippen LogP contribution in [0.15, 0.2) is 71.8 Å². The third kappa shape index (κ3) is 6.43. The molecule has 0 heterocycles.